The number of unbranched alkanes of at least 4 members (excludes halogenated alkanes) is 2. The Bertz CT molecular complexity index is 1330. The smallest absolute Gasteiger partial charge is 0.248 e. The van der Waals surface area contributed by atoms with Crippen molar-refractivity contribution in [2.24, 2.45) is 0 Å². The van der Waals surface area contributed by atoms with E-state index in [-0.39, 0.29) is 23.5 Å². The molecule has 2 amide bonds. The monoisotopic (exact) mass is 543 g/mol. The molecule has 38 heavy (non-hydrogen) atoms. The van der Waals surface area contributed by atoms with Crippen LogP contribution < -0.4 is 20.9 Å². The van der Waals surface area contributed by atoms with Crippen LogP contribution in [0.15, 0.2) is 48.8 Å². The summed E-state index contributed by atoms with van der Waals surface area (Å²) in [6.45, 7) is 1.04. The second-order valence-corrected chi connectivity index (χ2v) is 9.02. The Kier molecular flexibility index (Phi) is 9.41. The number of rotatable bonds is 11. The summed E-state index contributed by atoms with van der Waals surface area (Å²) in [6.07, 6.45) is 7.16. The predicted octanol–water partition coefficient (Wildman–Crippen LogP) is 4.89. The Morgan fingerprint density at radius 3 is 2.87 bits per heavy atom. The zero-order chi connectivity index (χ0) is 26.9. The highest BCUT2D eigenvalue weighted by molar-refractivity contribution is 6.31. The van der Waals surface area contributed by atoms with Gasteiger partial charge in [0.05, 0.1) is 29.4 Å². The molecule has 4 rings (SSSR count). The molecule has 2 aromatic carbocycles. The molecule has 10 nitrogen and oxygen atoms in total. The minimum atomic E-state index is -0.531. The van der Waals surface area contributed by atoms with Crippen LogP contribution in [0.1, 0.15) is 32.1 Å². The Labute approximate surface area is 223 Å². The summed E-state index contributed by atoms with van der Waals surface area (Å²) in [4.78, 5) is 32.4. The predicted molar refractivity (Wildman–Crippen MR) is 140 cm³/mol. The van der Waals surface area contributed by atoms with Crippen LogP contribution >= 0.6 is 11.6 Å². The first-order valence-electron chi connectivity index (χ1n) is 12.1. The van der Waals surface area contributed by atoms with Crippen LogP contribution in [-0.2, 0) is 14.3 Å². The van der Waals surface area contributed by atoms with Gasteiger partial charge in [0, 0.05) is 30.0 Å². The van der Waals surface area contributed by atoms with E-state index in [4.69, 9.17) is 26.3 Å². The van der Waals surface area contributed by atoms with Crippen molar-refractivity contribution in [2.45, 2.75) is 38.2 Å². The second-order valence-electron chi connectivity index (χ2n) is 8.62. The molecule has 0 unspecified atom stereocenters. The number of carbonyl (C=O) groups excluding carboxylic acids is 2. The SMILES string of the molecule is O=C(/C=C/CCCCC(=O)NO)Nc1cc2c(Nc3ccc(F)c(Cl)c3)ncnc2cc1O[C@@H]1CCOC1. The van der Waals surface area contributed by atoms with Gasteiger partial charge >= 0.3 is 0 Å². The number of anilines is 3. The summed E-state index contributed by atoms with van der Waals surface area (Å²) >= 11 is 5.92. The molecule has 0 saturated carbocycles. The number of carbonyl (C=O) groups is 2. The molecule has 2 heterocycles. The van der Waals surface area contributed by atoms with E-state index in [2.05, 4.69) is 20.6 Å². The maximum absolute atomic E-state index is 13.6. The topological polar surface area (TPSA) is 135 Å². The Hall–Kier alpha value is -3.80. The third-order valence-corrected chi connectivity index (χ3v) is 6.07. The van der Waals surface area contributed by atoms with Crippen molar-refractivity contribution >= 4 is 51.5 Å². The normalized spacial score (nSPS) is 15.1. The third kappa shape index (κ3) is 7.37. The average molecular weight is 544 g/mol. The van der Waals surface area contributed by atoms with E-state index < -0.39 is 11.7 Å². The standard InChI is InChI=1S/C26H27ClFN5O5/c27-19-11-16(7-8-20(19)28)31-26-18-12-22(32-24(34)5-3-1-2-4-6-25(35)33-36)23(13-21(18)29-15-30-26)38-17-9-10-37-14-17/h3,5,7-8,11-13,15,17,36H,1-2,4,6,9-10,14H2,(H,32,34)(H,33,35)(H,29,30,31)/b5-3+/t17-/m1/s1. The van der Waals surface area contributed by atoms with Crippen molar-refractivity contribution in [3.8, 4) is 5.75 Å². The van der Waals surface area contributed by atoms with Gasteiger partial charge in [0.2, 0.25) is 11.8 Å². The molecule has 1 saturated heterocycles. The largest absolute Gasteiger partial charge is 0.486 e. The fourth-order valence-electron chi connectivity index (χ4n) is 3.84. The molecule has 200 valence electrons. The number of allylic oxidation sites excluding steroid dienone is 1. The molecule has 1 aliphatic heterocycles. The molecule has 1 aromatic heterocycles. The van der Waals surface area contributed by atoms with Crippen molar-refractivity contribution in [1.29, 1.82) is 0 Å². The Balaban J connectivity index is 1.54. The summed E-state index contributed by atoms with van der Waals surface area (Å²) < 4.78 is 25.1. The molecular formula is C26H27ClFN5O5. The van der Waals surface area contributed by atoms with Crippen LogP contribution in [0, 0.1) is 5.82 Å². The number of benzene rings is 2. The molecular weight excluding hydrogens is 517 g/mol. The summed E-state index contributed by atoms with van der Waals surface area (Å²) in [5.41, 5.74) is 3.12. The van der Waals surface area contributed by atoms with E-state index in [1.807, 2.05) is 0 Å². The van der Waals surface area contributed by atoms with E-state index >= 15 is 0 Å². The molecule has 0 spiro atoms. The maximum Gasteiger partial charge on any atom is 0.248 e. The van der Waals surface area contributed by atoms with Gasteiger partial charge in [0.25, 0.3) is 0 Å². The molecule has 0 aliphatic carbocycles. The van der Waals surface area contributed by atoms with Gasteiger partial charge in [-0.15, -0.1) is 0 Å². The van der Waals surface area contributed by atoms with E-state index in [0.29, 0.717) is 66.3 Å². The molecule has 3 aromatic rings. The first-order chi connectivity index (χ1) is 18.4. The lowest BCUT2D eigenvalue weighted by molar-refractivity contribution is -0.129. The van der Waals surface area contributed by atoms with E-state index in [9.17, 15) is 14.0 Å². The highest BCUT2D eigenvalue weighted by Gasteiger charge is 2.21. The van der Waals surface area contributed by atoms with Crippen LogP contribution in [0.5, 0.6) is 5.75 Å². The van der Waals surface area contributed by atoms with E-state index in [1.165, 1.54) is 30.6 Å². The first-order valence-corrected chi connectivity index (χ1v) is 12.5. The summed E-state index contributed by atoms with van der Waals surface area (Å²) in [6, 6.07) is 7.68. The van der Waals surface area contributed by atoms with Gasteiger partial charge < -0.3 is 20.1 Å². The fraction of sp³-hybridized carbons (Fsp3) is 0.308. The molecule has 0 bridgehead atoms. The summed E-state index contributed by atoms with van der Waals surface area (Å²) in [7, 11) is 0. The van der Waals surface area contributed by atoms with Crippen LogP contribution in [0.25, 0.3) is 10.9 Å². The zero-order valence-electron chi connectivity index (χ0n) is 20.4. The second kappa shape index (κ2) is 13.1. The minimum Gasteiger partial charge on any atom is -0.486 e. The highest BCUT2D eigenvalue weighted by Crippen LogP contribution is 2.35. The van der Waals surface area contributed by atoms with Gasteiger partial charge in [-0.2, -0.15) is 0 Å². The van der Waals surface area contributed by atoms with Gasteiger partial charge in [0.15, 0.2) is 0 Å². The number of fused-ring (bicyclic) bond motifs is 1. The molecule has 4 N–H and O–H groups in total. The van der Waals surface area contributed by atoms with Crippen LogP contribution in [-0.4, -0.2) is 46.3 Å². The highest BCUT2D eigenvalue weighted by atomic mass is 35.5. The lowest BCUT2D eigenvalue weighted by atomic mass is 10.1. The maximum atomic E-state index is 13.6. The molecule has 1 atom stereocenters. The Morgan fingerprint density at radius 1 is 1.24 bits per heavy atom. The fourth-order valence-corrected chi connectivity index (χ4v) is 4.02. The molecule has 1 fully saturated rings. The molecule has 1 aliphatic rings. The van der Waals surface area contributed by atoms with Crippen molar-refractivity contribution in [1.82, 2.24) is 15.4 Å². The lowest BCUT2D eigenvalue weighted by Gasteiger charge is -2.17. The van der Waals surface area contributed by atoms with Crippen LogP contribution in [0.2, 0.25) is 5.02 Å². The summed E-state index contributed by atoms with van der Waals surface area (Å²) in [5, 5.41) is 15.1. The number of nitrogens with one attached hydrogen (secondary N) is 3. The number of hydrogen-bond donors (Lipinski definition) is 4. The van der Waals surface area contributed by atoms with E-state index in [0.717, 1.165) is 6.42 Å². The van der Waals surface area contributed by atoms with Crippen LogP contribution in [0.4, 0.5) is 21.6 Å². The van der Waals surface area contributed by atoms with Gasteiger partial charge in [0.1, 0.15) is 29.8 Å². The number of ether oxygens (including phenoxy) is 2. The van der Waals surface area contributed by atoms with Crippen molar-refractivity contribution in [2.75, 3.05) is 23.8 Å². The van der Waals surface area contributed by atoms with Gasteiger partial charge in [-0.05, 0) is 49.6 Å². The lowest BCUT2D eigenvalue weighted by Crippen LogP contribution is -2.18. The quantitative estimate of drug-likeness (QED) is 0.116. The van der Waals surface area contributed by atoms with Crippen molar-refractivity contribution < 1.29 is 28.7 Å². The number of halogens is 2. The average Bonchev–Trinajstić information content (AvgIpc) is 3.42. The molecule has 12 heteroatoms. The Morgan fingerprint density at radius 2 is 2.11 bits per heavy atom. The number of amides is 2. The number of hydrogen-bond acceptors (Lipinski definition) is 8. The third-order valence-electron chi connectivity index (χ3n) is 5.78. The van der Waals surface area contributed by atoms with Gasteiger partial charge in [-0.3, -0.25) is 14.8 Å². The zero-order valence-corrected chi connectivity index (χ0v) is 21.1. The minimum absolute atomic E-state index is 0.0285. The molecule has 0 radical (unpaired) electrons. The van der Waals surface area contributed by atoms with Crippen molar-refractivity contribution in [3.05, 3.63) is 59.7 Å². The van der Waals surface area contributed by atoms with E-state index in [1.54, 1.807) is 23.7 Å². The van der Waals surface area contributed by atoms with Gasteiger partial charge in [-0.25, -0.2) is 19.8 Å². The number of nitrogens with zero attached hydrogens (tertiary/aromatic N) is 2. The van der Waals surface area contributed by atoms with Gasteiger partial charge in [-0.1, -0.05) is 17.7 Å². The first kappa shape index (κ1) is 27.2. The van der Waals surface area contributed by atoms with Crippen molar-refractivity contribution in [3.63, 3.8) is 0 Å². The van der Waals surface area contributed by atoms with Crippen LogP contribution in [0.3, 0.4) is 0 Å². The number of hydroxylamine groups is 1. The summed E-state index contributed by atoms with van der Waals surface area (Å²) in [5.74, 6) is -0.452. The number of aromatic nitrogens is 2.